The lowest BCUT2D eigenvalue weighted by Crippen LogP contribution is -2.12. The fourth-order valence-electron chi connectivity index (χ4n) is 2.40. The molecule has 2 rings (SSSR count). The van der Waals surface area contributed by atoms with E-state index in [1.165, 1.54) is 11.1 Å². The summed E-state index contributed by atoms with van der Waals surface area (Å²) < 4.78 is 5.57. The number of hydrogen-bond donors (Lipinski definition) is 0. The van der Waals surface area contributed by atoms with Crippen molar-refractivity contribution < 1.29 is 9.53 Å². The number of Topliss-reactive ketones (excluding diaryl/α,β-unsaturated/α-hetero) is 1. The molecule has 0 radical (unpaired) electrons. The molecule has 2 nitrogen and oxygen atoms in total. The van der Waals surface area contributed by atoms with E-state index in [-0.39, 0.29) is 5.78 Å². The van der Waals surface area contributed by atoms with E-state index in [0.29, 0.717) is 11.9 Å². The lowest BCUT2D eigenvalue weighted by molar-refractivity contribution is 0.102. The van der Waals surface area contributed by atoms with E-state index in [0.717, 1.165) is 36.3 Å². The maximum Gasteiger partial charge on any atom is 0.172 e. The molecule has 0 aliphatic carbocycles. The number of ketones is 1. The molecule has 0 saturated carbocycles. The fourth-order valence-corrected chi connectivity index (χ4v) is 3.38. The first-order valence-corrected chi connectivity index (χ1v) is 8.04. The van der Waals surface area contributed by atoms with Gasteiger partial charge >= 0.3 is 0 Å². The van der Waals surface area contributed by atoms with Gasteiger partial charge in [-0.15, -0.1) is 0 Å². The van der Waals surface area contributed by atoms with Crippen molar-refractivity contribution in [2.75, 3.05) is 18.1 Å². The molecule has 0 spiro atoms. The van der Waals surface area contributed by atoms with Crippen LogP contribution in [0.4, 0.5) is 0 Å². The monoisotopic (exact) mass is 278 g/mol. The first kappa shape index (κ1) is 14.6. The fraction of sp³-hybridized carbons (Fsp3) is 0.562. The number of carbonyl (C=O) groups excluding carboxylic acids is 1. The summed E-state index contributed by atoms with van der Waals surface area (Å²) in [6.07, 6.45) is 2.66. The third-order valence-corrected chi connectivity index (χ3v) is 4.78. The molecule has 1 saturated heterocycles. The van der Waals surface area contributed by atoms with Crippen LogP contribution < -0.4 is 0 Å². The number of thioether (sulfide) groups is 1. The Hall–Kier alpha value is -0.800. The van der Waals surface area contributed by atoms with E-state index in [1.54, 1.807) is 11.8 Å². The Bertz CT molecular complexity index is 462. The minimum absolute atomic E-state index is 0.239. The van der Waals surface area contributed by atoms with Crippen LogP contribution in [0, 0.1) is 20.8 Å². The van der Waals surface area contributed by atoms with E-state index in [1.807, 2.05) is 13.0 Å². The molecule has 19 heavy (non-hydrogen) atoms. The van der Waals surface area contributed by atoms with Crippen LogP contribution in [-0.4, -0.2) is 30.0 Å². The van der Waals surface area contributed by atoms with Crippen molar-refractivity contribution in [1.29, 1.82) is 0 Å². The van der Waals surface area contributed by atoms with E-state index < -0.39 is 0 Å². The maximum atomic E-state index is 12.2. The lowest BCUT2D eigenvalue weighted by atomic mass is 9.99. The summed E-state index contributed by atoms with van der Waals surface area (Å²) in [6, 6.07) is 4.13. The number of benzene rings is 1. The summed E-state index contributed by atoms with van der Waals surface area (Å²) in [5.41, 5.74) is 4.41. The van der Waals surface area contributed by atoms with E-state index in [2.05, 4.69) is 19.9 Å². The number of hydrogen-bond acceptors (Lipinski definition) is 3. The smallest absolute Gasteiger partial charge is 0.172 e. The molecule has 1 aliphatic rings. The Balaban J connectivity index is 1.90. The van der Waals surface area contributed by atoms with Crippen molar-refractivity contribution in [3.8, 4) is 0 Å². The van der Waals surface area contributed by atoms with Crippen LogP contribution in [0.1, 0.15) is 39.9 Å². The molecule has 1 unspecified atom stereocenters. The summed E-state index contributed by atoms with van der Waals surface area (Å²) in [5, 5.41) is 0. The molecular weight excluding hydrogens is 256 g/mol. The Morgan fingerprint density at radius 2 is 2.00 bits per heavy atom. The average Bonchev–Trinajstić information content (AvgIpc) is 2.86. The highest BCUT2D eigenvalue weighted by Gasteiger charge is 2.17. The first-order chi connectivity index (χ1) is 9.08. The highest BCUT2D eigenvalue weighted by Crippen LogP contribution is 2.20. The van der Waals surface area contributed by atoms with Crippen LogP contribution >= 0.6 is 11.8 Å². The normalized spacial score (nSPS) is 18.8. The number of aryl methyl sites for hydroxylation is 3. The summed E-state index contributed by atoms with van der Waals surface area (Å²) in [4.78, 5) is 12.2. The second kappa shape index (κ2) is 6.58. The molecule has 1 heterocycles. The molecule has 3 heteroatoms. The van der Waals surface area contributed by atoms with Gasteiger partial charge in [-0.3, -0.25) is 4.79 Å². The average molecular weight is 278 g/mol. The second-order valence-electron chi connectivity index (χ2n) is 5.32. The van der Waals surface area contributed by atoms with Crippen molar-refractivity contribution in [2.24, 2.45) is 0 Å². The highest BCUT2D eigenvalue weighted by atomic mass is 32.2. The zero-order chi connectivity index (χ0) is 13.8. The van der Waals surface area contributed by atoms with Gasteiger partial charge in [0.15, 0.2) is 5.78 Å². The quantitative estimate of drug-likeness (QED) is 0.768. The Morgan fingerprint density at radius 3 is 2.68 bits per heavy atom. The van der Waals surface area contributed by atoms with E-state index in [4.69, 9.17) is 4.74 Å². The van der Waals surface area contributed by atoms with E-state index in [9.17, 15) is 4.79 Å². The Morgan fingerprint density at radius 1 is 1.26 bits per heavy atom. The van der Waals surface area contributed by atoms with Crippen molar-refractivity contribution in [3.63, 3.8) is 0 Å². The van der Waals surface area contributed by atoms with Gasteiger partial charge in [0.05, 0.1) is 11.9 Å². The molecule has 1 aromatic rings. The zero-order valence-electron chi connectivity index (χ0n) is 12.0. The van der Waals surface area contributed by atoms with Gasteiger partial charge in [-0.05, 0) is 56.4 Å². The first-order valence-electron chi connectivity index (χ1n) is 6.88. The maximum absolute atomic E-state index is 12.2. The molecule has 1 aromatic carbocycles. The standard InChI is InChI=1S/C16H22O2S/c1-11-7-13(3)15(8-12(11)2)16(17)10-19-9-14-5-4-6-18-14/h7-8,14H,4-6,9-10H2,1-3H3. The predicted molar refractivity (Wildman–Crippen MR) is 81.3 cm³/mol. The van der Waals surface area contributed by atoms with Crippen LogP contribution in [0.2, 0.25) is 0 Å². The van der Waals surface area contributed by atoms with Gasteiger partial charge in [0, 0.05) is 17.9 Å². The number of rotatable bonds is 5. The lowest BCUT2D eigenvalue weighted by Gasteiger charge is -2.10. The van der Waals surface area contributed by atoms with Gasteiger partial charge in [-0.25, -0.2) is 0 Å². The zero-order valence-corrected chi connectivity index (χ0v) is 12.8. The molecular formula is C16H22O2S. The van der Waals surface area contributed by atoms with Crippen LogP contribution in [0.5, 0.6) is 0 Å². The topological polar surface area (TPSA) is 26.3 Å². The van der Waals surface area contributed by atoms with Crippen molar-refractivity contribution >= 4 is 17.5 Å². The highest BCUT2D eigenvalue weighted by molar-refractivity contribution is 8.00. The SMILES string of the molecule is Cc1cc(C)c(C(=O)CSCC2CCCO2)cc1C. The minimum atomic E-state index is 0.239. The molecule has 1 aliphatic heterocycles. The number of carbonyl (C=O) groups is 1. The molecule has 0 amide bonds. The van der Waals surface area contributed by atoms with Crippen molar-refractivity contribution in [2.45, 2.75) is 39.7 Å². The Labute approximate surface area is 119 Å². The second-order valence-corrected chi connectivity index (χ2v) is 6.35. The van der Waals surface area contributed by atoms with Crippen LogP contribution in [0.25, 0.3) is 0 Å². The van der Waals surface area contributed by atoms with Gasteiger partial charge in [0.2, 0.25) is 0 Å². The molecule has 104 valence electrons. The van der Waals surface area contributed by atoms with Gasteiger partial charge in [0.25, 0.3) is 0 Å². The summed E-state index contributed by atoms with van der Waals surface area (Å²) in [7, 11) is 0. The van der Waals surface area contributed by atoms with Crippen LogP contribution in [0.15, 0.2) is 12.1 Å². The third kappa shape index (κ3) is 3.83. The third-order valence-electron chi connectivity index (χ3n) is 3.70. The molecule has 1 atom stereocenters. The number of ether oxygens (including phenoxy) is 1. The summed E-state index contributed by atoms with van der Waals surface area (Å²) in [6.45, 7) is 7.05. The van der Waals surface area contributed by atoms with Crippen molar-refractivity contribution in [1.82, 2.24) is 0 Å². The summed E-state index contributed by atoms with van der Waals surface area (Å²) >= 11 is 1.70. The Kier molecular flexibility index (Phi) is 5.06. The predicted octanol–water partition coefficient (Wildman–Crippen LogP) is 3.71. The van der Waals surface area contributed by atoms with Crippen LogP contribution in [-0.2, 0) is 4.74 Å². The van der Waals surface area contributed by atoms with Crippen LogP contribution in [0.3, 0.4) is 0 Å². The van der Waals surface area contributed by atoms with E-state index >= 15 is 0 Å². The molecule has 0 N–H and O–H groups in total. The van der Waals surface area contributed by atoms with Gasteiger partial charge < -0.3 is 4.74 Å². The molecule has 0 aromatic heterocycles. The minimum Gasteiger partial charge on any atom is -0.377 e. The van der Waals surface area contributed by atoms with Gasteiger partial charge in [-0.1, -0.05) is 6.07 Å². The van der Waals surface area contributed by atoms with Gasteiger partial charge in [0.1, 0.15) is 0 Å². The largest absolute Gasteiger partial charge is 0.377 e. The molecule has 0 bridgehead atoms. The molecule has 1 fully saturated rings. The summed E-state index contributed by atoms with van der Waals surface area (Å²) in [5.74, 6) is 1.74. The van der Waals surface area contributed by atoms with Crippen molar-refractivity contribution in [3.05, 3.63) is 34.4 Å². The van der Waals surface area contributed by atoms with Gasteiger partial charge in [-0.2, -0.15) is 11.8 Å².